The second-order valence-electron chi connectivity index (χ2n) is 6.11. The van der Waals surface area contributed by atoms with Crippen molar-refractivity contribution in [1.29, 1.82) is 0 Å². The van der Waals surface area contributed by atoms with Gasteiger partial charge in [0.1, 0.15) is 5.69 Å². The fourth-order valence-corrected chi connectivity index (χ4v) is 2.82. The maximum absolute atomic E-state index is 10.1. The summed E-state index contributed by atoms with van der Waals surface area (Å²) in [5, 5.41) is 19.9. The van der Waals surface area contributed by atoms with Gasteiger partial charge in [0.05, 0.1) is 11.2 Å². The van der Waals surface area contributed by atoms with E-state index in [-0.39, 0.29) is 11.7 Å². The molecule has 0 aliphatic heterocycles. The van der Waals surface area contributed by atoms with Gasteiger partial charge in [0.25, 0.3) is 0 Å². The summed E-state index contributed by atoms with van der Waals surface area (Å²) in [5.41, 5.74) is 2.77. The number of azo groups is 1. The average molecular weight is 331 g/mol. The fourth-order valence-electron chi connectivity index (χ4n) is 2.82. The van der Waals surface area contributed by atoms with Crippen LogP contribution in [0.1, 0.15) is 25.5 Å². The summed E-state index contributed by atoms with van der Waals surface area (Å²) in [6.07, 6.45) is 3.57. The highest BCUT2D eigenvalue weighted by Gasteiger charge is 2.17. The highest BCUT2D eigenvalue weighted by Crippen LogP contribution is 2.33. The lowest BCUT2D eigenvalue weighted by Gasteiger charge is -2.02. The largest absolute Gasteiger partial charge is 0.504 e. The molecule has 4 rings (SSSR count). The molecule has 0 radical (unpaired) electrons. The van der Waals surface area contributed by atoms with Crippen LogP contribution < -0.4 is 0 Å². The molecule has 0 saturated heterocycles. The molecule has 1 aromatic carbocycles. The summed E-state index contributed by atoms with van der Waals surface area (Å²) >= 11 is 0. The van der Waals surface area contributed by atoms with Crippen LogP contribution in [0.2, 0.25) is 0 Å². The monoisotopic (exact) mass is 331 g/mol. The number of benzene rings is 1. The van der Waals surface area contributed by atoms with E-state index in [0.29, 0.717) is 17.2 Å². The summed E-state index contributed by atoms with van der Waals surface area (Å²) in [5.74, 6) is 0.894. The second-order valence-corrected chi connectivity index (χ2v) is 6.11. The van der Waals surface area contributed by atoms with Crippen LogP contribution in [0.5, 0.6) is 5.75 Å². The molecule has 0 unspecified atom stereocenters. The van der Waals surface area contributed by atoms with E-state index in [4.69, 9.17) is 0 Å². The van der Waals surface area contributed by atoms with Crippen LogP contribution in [0.3, 0.4) is 0 Å². The number of aromatic hydroxyl groups is 1. The number of pyridine rings is 2. The lowest BCUT2D eigenvalue weighted by atomic mass is 10.1. The van der Waals surface area contributed by atoms with Gasteiger partial charge in [-0.1, -0.05) is 32.0 Å². The first-order chi connectivity index (χ1) is 12.1. The second kappa shape index (κ2) is 5.98. The lowest BCUT2D eigenvalue weighted by Crippen LogP contribution is -1.87. The number of hydrogen-bond acceptors (Lipinski definition) is 5. The number of imidazole rings is 1. The molecule has 3 aromatic heterocycles. The van der Waals surface area contributed by atoms with Crippen molar-refractivity contribution in [2.75, 3.05) is 0 Å². The minimum absolute atomic E-state index is 0.123. The first kappa shape index (κ1) is 15.3. The van der Waals surface area contributed by atoms with Crippen molar-refractivity contribution in [2.45, 2.75) is 19.8 Å². The molecule has 4 aromatic rings. The third kappa shape index (κ3) is 2.61. The van der Waals surface area contributed by atoms with E-state index in [1.54, 1.807) is 22.7 Å². The maximum Gasteiger partial charge on any atom is 0.183 e. The van der Waals surface area contributed by atoms with Gasteiger partial charge in [-0.25, -0.2) is 4.98 Å². The van der Waals surface area contributed by atoms with Crippen molar-refractivity contribution >= 4 is 28.1 Å². The van der Waals surface area contributed by atoms with Gasteiger partial charge in [-0.3, -0.25) is 9.38 Å². The summed E-state index contributed by atoms with van der Waals surface area (Å²) in [7, 11) is 0. The normalized spacial score (nSPS) is 12.0. The van der Waals surface area contributed by atoms with Gasteiger partial charge in [-0.05, 0) is 30.2 Å². The van der Waals surface area contributed by atoms with Gasteiger partial charge in [0, 0.05) is 17.8 Å². The first-order valence-electron chi connectivity index (χ1n) is 8.10. The first-order valence-corrected chi connectivity index (χ1v) is 8.10. The van der Waals surface area contributed by atoms with Crippen LogP contribution in [0.4, 0.5) is 11.5 Å². The predicted octanol–water partition coefficient (Wildman–Crippen LogP) is 5.13. The third-order valence-corrected chi connectivity index (χ3v) is 4.04. The van der Waals surface area contributed by atoms with Gasteiger partial charge in [0.15, 0.2) is 17.2 Å². The molecule has 0 amide bonds. The van der Waals surface area contributed by atoms with Crippen molar-refractivity contribution < 1.29 is 5.11 Å². The highest BCUT2D eigenvalue weighted by molar-refractivity contribution is 5.88. The number of para-hydroxylation sites is 1. The Hall–Kier alpha value is -3.28. The van der Waals surface area contributed by atoms with Crippen molar-refractivity contribution in [1.82, 2.24) is 14.4 Å². The van der Waals surface area contributed by atoms with Gasteiger partial charge in [-0.15, -0.1) is 10.2 Å². The zero-order valence-corrected chi connectivity index (χ0v) is 14.0. The number of hydrogen-bond donors (Lipinski definition) is 1. The predicted molar refractivity (Wildman–Crippen MR) is 96.9 cm³/mol. The molecule has 6 heteroatoms. The SMILES string of the molecule is CC(C)c1nc2c(O)cccn2c1N=Nc1cccc2cccnc12. The number of nitrogens with zero attached hydrogens (tertiary/aromatic N) is 5. The van der Waals surface area contributed by atoms with E-state index in [1.165, 1.54) is 0 Å². The summed E-state index contributed by atoms with van der Waals surface area (Å²) < 4.78 is 1.76. The Morgan fingerprint density at radius 1 is 1.04 bits per heavy atom. The van der Waals surface area contributed by atoms with E-state index in [1.807, 2.05) is 50.4 Å². The lowest BCUT2D eigenvalue weighted by molar-refractivity contribution is 0.477. The maximum atomic E-state index is 10.1. The van der Waals surface area contributed by atoms with Crippen LogP contribution >= 0.6 is 0 Å². The molecule has 1 N–H and O–H groups in total. The van der Waals surface area contributed by atoms with Crippen molar-refractivity contribution in [3.8, 4) is 5.75 Å². The van der Waals surface area contributed by atoms with Crippen molar-refractivity contribution in [3.05, 3.63) is 60.6 Å². The van der Waals surface area contributed by atoms with Crippen LogP contribution in [-0.2, 0) is 0 Å². The number of fused-ring (bicyclic) bond motifs is 2. The zero-order valence-electron chi connectivity index (χ0n) is 14.0. The van der Waals surface area contributed by atoms with E-state index < -0.39 is 0 Å². The minimum atomic E-state index is 0.123. The molecule has 124 valence electrons. The molecule has 0 fully saturated rings. The Balaban J connectivity index is 1.89. The smallest absolute Gasteiger partial charge is 0.183 e. The molecule has 0 spiro atoms. The average Bonchev–Trinajstić information content (AvgIpc) is 3.00. The standard InChI is InChI=1S/C19H17N5O/c1-12(2)16-19(24-11-5-9-15(25)18(24)21-16)23-22-14-8-3-6-13-7-4-10-20-17(13)14/h3-12,25H,1-2H3. The molecule has 3 heterocycles. The van der Waals surface area contributed by atoms with E-state index in [9.17, 15) is 5.11 Å². The van der Waals surface area contributed by atoms with Crippen LogP contribution in [-0.4, -0.2) is 19.5 Å². The highest BCUT2D eigenvalue weighted by atomic mass is 16.3. The molecular weight excluding hydrogens is 314 g/mol. The van der Waals surface area contributed by atoms with Gasteiger partial charge in [0.2, 0.25) is 0 Å². The molecule has 0 atom stereocenters. The number of rotatable bonds is 3. The van der Waals surface area contributed by atoms with Crippen LogP contribution in [0, 0.1) is 0 Å². The van der Waals surface area contributed by atoms with Gasteiger partial charge in [-0.2, -0.15) is 0 Å². The molecule has 6 nitrogen and oxygen atoms in total. The quantitative estimate of drug-likeness (QED) is 0.529. The summed E-state index contributed by atoms with van der Waals surface area (Å²) in [4.78, 5) is 8.93. The van der Waals surface area contributed by atoms with Crippen LogP contribution in [0.25, 0.3) is 16.6 Å². The summed E-state index contributed by atoms with van der Waals surface area (Å²) in [6.45, 7) is 4.08. The van der Waals surface area contributed by atoms with Gasteiger partial charge < -0.3 is 5.11 Å². The van der Waals surface area contributed by atoms with Crippen molar-refractivity contribution in [2.24, 2.45) is 10.2 Å². The van der Waals surface area contributed by atoms with Gasteiger partial charge >= 0.3 is 0 Å². The Kier molecular flexibility index (Phi) is 3.65. The molecular formula is C19H17N5O. The van der Waals surface area contributed by atoms with E-state index >= 15 is 0 Å². The Morgan fingerprint density at radius 3 is 2.72 bits per heavy atom. The van der Waals surface area contributed by atoms with Crippen molar-refractivity contribution in [3.63, 3.8) is 0 Å². The summed E-state index contributed by atoms with van der Waals surface area (Å²) in [6, 6.07) is 13.1. The van der Waals surface area contributed by atoms with Crippen LogP contribution in [0.15, 0.2) is 65.1 Å². The minimum Gasteiger partial charge on any atom is -0.504 e. The molecule has 0 saturated carbocycles. The molecule has 0 aliphatic rings. The molecule has 25 heavy (non-hydrogen) atoms. The molecule has 0 bridgehead atoms. The fraction of sp³-hybridized carbons (Fsp3) is 0.158. The Morgan fingerprint density at radius 2 is 1.88 bits per heavy atom. The Bertz CT molecular complexity index is 1090. The molecule has 0 aliphatic carbocycles. The van der Waals surface area contributed by atoms with E-state index in [2.05, 4.69) is 20.2 Å². The topological polar surface area (TPSA) is 75.1 Å². The number of aromatic nitrogens is 3. The zero-order chi connectivity index (χ0) is 17.4. The third-order valence-electron chi connectivity index (χ3n) is 4.04. The Labute approximate surface area is 144 Å². The van der Waals surface area contributed by atoms with E-state index in [0.717, 1.165) is 16.6 Å².